The highest BCUT2D eigenvalue weighted by Crippen LogP contribution is 2.29. The quantitative estimate of drug-likeness (QED) is 0.491. The number of hydrogen-bond acceptors (Lipinski definition) is 6. The summed E-state index contributed by atoms with van der Waals surface area (Å²) in [5, 5.41) is 3.93. The Labute approximate surface area is 116 Å². The van der Waals surface area contributed by atoms with Crippen molar-refractivity contribution in [3.8, 4) is 11.3 Å². The van der Waals surface area contributed by atoms with E-state index in [2.05, 4.69) is 17.2 Å². The molecule has 1 aromatic heterocycles. The Hall–Kier alpha value is -2.60. The number of nitrogens with one attached hydrogen (secondary N) is 1. The Morgan fingerprint density at radius 3 is 2.75 bits per heavy atom. The van der Waals surface area contributed by atoms with Gasteiger partial charge in [0.1, 0.15) is 5.69 Å². The van der Waals surface area contributed by atoms with E-state index in [1.807, 2.05) is 30.3 Å². The summed E-state index contributed by atoms with van der Waals surface area (Å²) in [4.78, 5) is 11.9. The molecule has 0 bridgehead atoms. The minimum absolute atomic E-state index is 0.0198. The number of aromatic nitrogens is 1. The minimum atomic E-state index is -0.603. The second-order valence-corrected chi connectivity index (χ2v) is 3.94. The maximum Gasteiger partial charge on any atom is 0.377 e. The van der Waals surface area contributed by atoms with Crippen LogP contribution >= 0.6 is 0 Å². The maximum absolute atomic E-state index is 11.9. The Bertz CT molecular complexity index is 620. The molecule has 0 saturated carbocycles. The van der Waals surface area contributed by atoms with Crippen molar-refractivity contribution < 1.29 is 14.1 Å². The van der Waals surface area contributed by atoms with Crippen LogP contribution in [0.3, 0.4) is 0 Å². The van der Waals surface area contributed by atoms with E-state index in [0.29, 0.717) is 17.0 Å². The van der Waals surface area contributed by atoms with Gasteiger partial charge in [-0.25, -0.2) is 4.79 Å². The van der Waals surface area contributed by atoms with Crippen molar-refractivity contribution in [3.63, 3.8) is 0 Å². The second-order valence-electron chi connectivity index (χ2n) is 3.94. The van der Waals surface area contributed by atoms with Crippen molar-refractivity contribution in [2.75, 3.05) is 6.61 Å². The van der Waals surface area contributed by atoms with Crippen LogP contribution in [0.2, 0.25) is 0 Å². The first-order valence-electron chi connectivity index (χ1n) is 6.07. The van der Waals surface area contributed by atoms with Crippen LogP contribution in [0.15, 0.2) is 41.4 Å². The molecule has 0 radical (unpaired) electrons. The molecule has 0 fully saturated rings. The van der Waals surface area contributed by atoms with E-state index in [1.165, 1.54) is 0 Å². The molecule has 20 heavy (non-hydrogen) atoms. The lowest BCUT2D eigenvalue weighted by molar-refractivity contribution is 0.0479. The van der Waals surface area contributed by atoms with Gasteiger partial charge in [0, 0.05) is 5.56 Å². The first-order valence-corrected chi connectivity index (χ1v) is 6.07. The van der Waals surface area contributed by atoms with E-state index in [0.717, 1.165) is 5.56 Å². The van der Waals surface area contributed by atoms with Crippen LogP contribution in [0.5, 0.6) is 0 Å². The molecule has 1 heterocycles. The standard InChI is InChI=1S/C14H15N3O3/c1-3-19-14(18)13-11(9(2)16-15)12(17-20-13)10-7-5-4-6-8-10/h4-8,16H,2-3,15H2,1H3. The minimum Gasteiger partial charge on any atom is -0.460 e. The predicted molar refractivity (Wildman–Crippen MR) is 74.3 cm³/mol. The number of rotatable bonds is 5. The number of carbonyl (C=O) groups excluding carboxylic acids is 1. The fraction of sp³-hybridized carbons (Fsp3) is 0.143. The van der Waals surface area contributed by atoms with Gasteiger partial charge in [-0.15, -0.1) is 0 Å². The van der Waals surface area contributed by atoms with E-state index in [-0.39, 0.29) is 12.4 Å². The van der Waals surface area contributed by atoms with E-state index < -0.39 is 5.97 Å². The first-order chi connectivity index (χ1) is 9.69. The lowest BCUT2D eigenvalue weighted by Crippen LogP contribution is -2.20. The Morgan fingerprint density at radius 1 is 1.45 bits per heavy atom. The van der Waals surface area contributed by atoms with Crippen molar-refractivity contribution in [2.24, 2.45) is 5.84 Å². The number of nitrogens with zero attached hydrogens (tertiary/aromatic N) is 1. The van der Waals surface area contributed by atoms with Gasteiger partial charge in [0.15, 0.2) is 0 Å². The van der Waals surface area contributed by atoms with Gasteiger partial charge in [0.2, 0.25) is 0 Å². The zero-order chi connectivity index (χ0) is 14.5. The molecular formula is C14H15N3O3. The monoisotopic (exact) mass is 273 g/mol. The summed E-state index contributed by atoms with van der Waals surface area (Å²) >= 11 is 0. The van der Waals surface area contributed by atoms with Crippen LogP contribution in [-0.4, -0.2) is 17.7 Å². The van der Waals surface area contributed by atoms with Crippen molar-refractivity contribution in [2.45, 2.75) is 6.92 Å². The molecular weight excluding hydrogens is 258 g/mol. The van der Waals surface area contributed by atoms with Crippen LogP contribution in [0.25, 0.3) is 17.0 Å². The highest BCUT2D eigenvalue weighted by atomic mass is 16.6. The van der Waals surface area contributed by atoms with Crippen LogP contribution in [0.4, 0.5) is 0 Å². The van der Waals surface area contributed by atoms with Gasteiger partial charge in [0.25, 0.3) is 5.76 Å². The van der Waals surface area contributed by atoms with Crippen LogP contribution < -0.4 is 11.3 Å². The number of hydrogen-bond donors (Lipinski definition) is 2. The van der Waals surface area contributed by atoms with E-state index >= 15 is 0 Å². The topological polar surface area (TPSA) is 90.4 Å². The molecule has 104 valence electrons. The number of esters is 1. The van der Waals surface area contributed by atoms with Crippen molar-refractivity contribution in [1.29, 1.82) is 0 Å². The fourth-order valence-corrected chi connectivity index (χ4v) is 1.77. The van der Waals surface area contributed by atoms with E-state index in [9.17, 15) is 4.79 Å². The van der Waals surface area contributed by atoms with Gasteiger partial charge in [-0.1, -0.05) is 42.1 Å². The molecule has 0 spiro atoms. The highest BCUT2D eigenvalue weighted by molar-refractivity contribution is 5.95. The highest BCUT2D eigenvalue weighted by Gasteiger charge is 2.25. The van der Waals surface area contributed by atoms with Gasteiger partial charge >= 0.3 is 5.97 Å². The summed E-state index contributed by atoms with van der Waals surface area (Å²) in [5.41, 5.74) is 4.41. The third kappa shape index (κ3) is 2.55. The van der Waals surface area contributed by atoms with Gasteiger partial charge < -0.3 is 14.7 Å². The number of benzene rings is 1. The summed E-state index contributed by atoms with van der Waals surface area (Å²) in [6.45, 7) is 5.71. The van der Waals surface area contributed by atoms with E-state index in [4.69, 9.17) is 15.1 Å². The zero-order valence-electron chi connectivity index (χ0n) is 11.1. The van der Waals surface area contributed by atoms with Gasteiger partial charge in [-0.3, -0.25) is 5.84 Å². The normalized spacial score (nSPS) is 10.1. The molecule has 6 heteroatoms. The van der Waals surface area contributed by atoms with E-state index in [1.54, 1.807) is 6.92 Å². The average molecular weight is 273 g/mol. The lowest BCUT2D eigenvalue weighted by Gasteiger charge is -2.06. The van der Waals surface area contributed by atoms with Crippen molar-refractivity contribution in [3.05, 3.63) is 48.2 Å². The molecule has 0 unspecified atom stereocenters. The SMILES string of the molecule is C=C(NN)c1c(-c2ccccc2)noc1C(=O)OCC. The number of carbonyl (C=O) groups is 1. The Morgan fingerprint density at radius 2 is 2.15 bits per heavy atom. The summed E-state index contributed by atoms with van der Waals surface area (Å²) in [5.74, 6) is 4.76. The average Bonchev–Trinajstić information content (AvgIpc) is 2.92. The van der Waals surface area contributed by atoms with Crippen LogP contribution in [-0.2, 0) is 4.74 Å². The first kappa shape index (κ1) is 13.8. The second kappa shape index (κ2) is 6.03. The predicted octanol–water partition coefficient (Wildman–Crippen LogP) is 1.95. The third-order valence-corrected chi connectivity index (χ3v) is 2.68. The summed E-state index contributed by atoms with van der Waals surface area (Å²) < 4.78 is 10.0. The Balaban J connectivity index is 2.54. The van der Waals surface area contributed by atoms with Gasteiger partial charge in [-0.2, -0.15) is 0 Å². The smallest absolute Gasteiger partial charge is 0.377 e. The molecule has 2 rings (SSSR count). The number of hydrazine groups is 1. The zero-order valence-corrected chi connectivity index (χ0v) is 11.1. The van der Waals surface area contributed by atoms with Crippen LogP contribution in [0.1, 0.15) is 23.0 Å². The summed E-state index contributed by atoms with van der Waals surface area (Å²) in [7, 11) is 0. The molecule has 0 aliphatic carbocycles. The largest absolute Gasteiger partial charge is 0.460 e. The molecule has 6 nitrogen and oxygen atoms in total. The number of nitrogens with two attached hydrogens (primary N) is 1. The molecule has 2 aromatic rings. The van der Waals surface area contributed by atoms with Gasteiger partial charge in [0.05, 0.1) is 17.9 Å². The van der Waals surface area contributed by atoms with Crippen LogP contribution in [0, 0.1) is 0 Å². The summed E-state index contributed by atoms with van der Waals surface area (Å²) in [6.07, 6.45) is 0. The molecule has 3 N–H and O–H groups in total. The number of ether oxygens (including phenoxy) is 1. The fourth-order valence-electron chi connectivity index (χ4n) is 1.77. The lowest BCUT2D eigenvalue weighted by atomic mass is 10.0. The molecule has 0 atom stereocenters. The third-order valence-electron chi connectivity index (χ3n) is 2.68. The molecule has 1 aromatic carbocycles. The summed E-state index contributed by atoms with van der Waals surface area (Å²) in [6, 6.07) is 9.29. The molecule has 0 aliphatic rings. The molecule has 0 amide bonds. The van der Waals surface area contributed by atoms with Crippen molar-refractivity contribution in [1.82, 2.24) is 10.6 Å². The maximum atomic E-state index is 11.9. The Kier molecular flexibility index (Phi) is 4.17. The molecule has 0 saturated heterocycles. The molecule has 0 aliphatic heterocycles. The van der Waals surface area contributed by atoms with Gasteiger partial charge in [-0.05, 0) is 6.92 Å². The van der Waals surface area contributed by atoms with Crippen molar-refractivity contribution >= 4 is 11.7 Å².